The van der Waals surface area contributed by atoms with Gasteiger partial charge in [-0.25, -0.2) is 4.79 Å². The predicted molar refractivity (Wildman–Crippen MR) is 65.1 cm³/mol. The molecule has 18 heavy (non-hydrogen) atoms. The number of nitrogens with zero attached hydrogens (tertiary/aromatic N) is 2. The Bertz CT molecular complexity index is 510. The molecule has 10 heteroatoms. The minimum absolute atomic E-state index is 0.00990. The fourth-order valence-corrected chi connectivity index (χ4v) is 2.80. The number of thioether (sulfide) groups is 1. The molecule has 2 rings (SSSR count). The van der Waals surface area contributed by atoms with Crippen molar-refractivity contribution < 1.29 is 18.7 Å². The van der Waals surface area contributed by atoms with Crippen LogP contribution in [0.2, 0.25) is 0 Å². The van der Waals surface area contributed by atoms with Crippen molar-refractivity contribution in [3.05, 3.63) is 22.7 Å². The average molecular weight is 292 g/mol. The lowest BCUT2D eigenvalue weighted by atomic mass is 10.5. The van der Waals surface area contributed by atoms with Crippen LogP contribution in [-0.4, -0.2) is 32.2 Å². The fourth-order valence-electron chi connectivity index (χ4n) is 1.45. The summed E-state index contributed by atoms with van der Waals surface area (Å²) in [5.74, 6) is 0.681. The summed E-state index contributed by atoms with van der Waals surface area (Å²) in [6.07, 6.45) is 1.03. The lowest BCUT2D eigenvalue weighted by Crippen LogP contribution is -2.28. The van der Waals surface area contributed by atoms with Crippen molar-refractivity contribution >= 4 is 25.8 Å². The molecule has 0 aromatic carbocycles. The molecule has 0 saturated carbocycles. The van der Waals surface area contributed by atoms with E-state index < -0.39 is 20.2 Å². The van der Waals surface area contributed by atoms with E-state index in [1.165, 1.54) is 28.6 Å². The number of aromatic nitrogens is 2. The molecule has 1 unspecified atom stereocenters. The second-order valence-corrected chi connectivity index (χ2v) is 5.36. The van der Waals surface area contributed by atoms with E-state index in [2.05, 4.69) is 9.51 Å². The summed E-state index contributed by atoms with van der Waals surface area (Å²) in [6.45, 7) is -0.00990. The highest BCUT2D eigenvalue weighted by atomic mass is 32.2. The van der Waals surface area contributed by atoms with Crippen LogP contribution in [0.15, 0.2) is 17.1 Å². The zero-order valence-corrected chi connectivity index (χ0v) is 10.8. The number of nitrogen functional groups attached to an aromatic ring is 1. The predicted octanol–water partition coefficient (Wildman–Crippen LogP) is 0.0799. The standard InChI is InChI=1S/C8H10N3O5PS/c9-5-1-2-11(8(12)10-5)6-4-18-7(16-6)3-15-17(13)14/h1-2,6-7H,3-4H2,(H2-,9,10,12,13,14)/p+1/t6-,7+/m1/s1. The normalized spacial score (nSPS) is 24.2. The second-order valence-electron chi connectivity index (χ2n) is 3.43. The lowest BCUT2D eigenvalue weighted by Gasteiger charge is -2.13. The molecule has 0 aliphatic carbocycles. The highest BCUT2D eigenvalue weighted by Crippen LogP contribution is 2.32. The Hall–Kier alpha value is -0.990. The van der Waals surface area contributed by atoms with E-state index in [-0.39, 0.29) is 17.9 Å². The Balaban J connectivity index is 2.00. The molecule has 1 aromatic heterocycles. The van der Waals surface area contributed by atoms with Crippen LogP contribution in [0.4, 0.5) is 5.82 Å². The molecule has 3 atom stereocenters. The number of hydrogen-bond donors (Lipinski definition) is 2. The van der Waals surface area contributed by atoms with E-state index in [0.717, 1.165) is 0 Å². The van der Waals surface area contributed by atoms with Gasteiger partial charge < -0.3 is 10.5 Å². The lowest BCUT2D eigenvalue weighted by molar-refractivity contribution is -0.00235. The van der Waals surface area contributed by atoms with Gasteiger partial charge in [-0.15, -0.1) is 21.2 Å². The van der Waals surface area contributed by atoms with Gasteiger partial charge in [0.2, 0.25) is 0 Å². The van der Waals surface area contributed by atoms with E-state index in [9.17, 15) is 9.36 Å². The smallest absolute Gasteiger partial charge is 0.383 e. The third-order valence-electron chi connectivity index (χ3n) is 2.22. The summed E-state index contributed by atoms with van der Waals surface area (Å²) in [5, 5.41) is 0. The SMILES string of the molecule is Nc1ccn([C@H]2CS[C@@H](CO[P+](=O)O)O2)c(=O)n1. The van der Waals surface area contributed by atoms with Gasteiger partial charge in [0, 0.05) is 16.5 Å². The Labute approximate surface area is 107 Å². The molecule has 3 N–H and O–H groups in total. The van der Waals surface area contributed by atoms with Crippen molar-refractivity contribution in [3.8, 4) is 0 Å². The van der Waals surface area contributed by atoms with Gasteiger partial charge in [-0.2, -0.15) is 4.98 Å². The van der Waals surface area contributed by atoms with Gasteiger partial charge >= 0.3 is 13.9 Å². The maximum Gasteiger partial charge on any atom is 0.694 e. The number of nitrogens with two attached hydrogens (primary N) is 1. The largest absolute Gasteiger partial charge is 0.694 e. The van der Waals surface area contributed by atoms with Crippen LogP contribution in [0.5, 0.6) is 0 Å². The Kier molecular flexibility index (Phi) is 4.31. The Morgan fingerprint density at radius 1 is 1.78 bits per heavy atom. The van der Waals surface area contributed by atoms with Gasteiger partial charge in [0.15, 0.2) is 0 Å². The van der Waals surface area contributed by atoms with Crippen molar-refractivity contribution in [2.45, 2.75) is 11.7 Å². The third kappa shape index (κ3) is 3.27. The molecular formula is C8H11N3O5PS+. The van der Waals surface area contributed by atoms with Crippen molar-refractivity contribution in [2.75, 3.05) is 18.1 Å². The van der Waals surface area contributed by atoms with E-state index in [0.29, 0.717) is 5.75 Å². The fraction of sp³-hybridized carbons (Fsp3) is 0.500. The molecular weight excluding hydrogens is 281 g/mol. The average Bonchev–Trinajstić information content (AvgIpc) is 2.75. The van der Waals surface area contributed by atoms with Crippen molar-refractivity contribution in [1.29, 1.82) is 0 Å². The molecule has 2 heterocycles. The van der Waals surface area contributed by atoms with E-state index in [1.54, 1.807) is 0 Å². The summed E-state index contributed by atoms with van der Waals surface area (Å²) >= 11 is 1.39. The van der Waals surface area contributed by atoms with Crippen LogP contribution in [0.3, 0.4) is 0 Å². The first kappa shape index (κ1) is 13.4. The first-order valence-electron chi connectivity index (χ1n) is 4.97. The Morgan fingerprint density at radius 3 is 3.22 bits per heavy atom. The molecule has 98 valence electrons. The maximum atomic E-state index is 11.6. The minimum atomic E-state index is -2.64. The number of hydrogen-bond acceptors (Lipinski definition) is 7. The summed E-state index contributed by atoms with van der Waals surface area (Å²) < 4.78 is 21.8. The van der Waals surface area contributed by atoms with Crippen LogP contribution in [0.1, 0.15) is 6.23 Å². The molecule has 8 nitrogen and oxygen atoms in total. The van der Waals surface area contributed by atoms with Gasteiger partial charge in [-0.1, -0.05) is 0 Å². The van der Waals surface area contributed by atoms with Gasteiger partial charge in [-0.05, 0) is 6.07 Å². The first-order valence-corrected chi connectivity index (χ1v) is 7.15. The van der Waals surface area contributed by atoms with Crippen LogP contribution in [-0.2, 0) is 13.8 Å². The zero-order chi connectivity index (χ0) is 13.1. The van der Waals surface area contributed by atoms with Crippen LogP contribution < -0.4 is 11.4 Å². The van der Waals surface area contributed by atoms with Crippen molar-refractivity contribution in [1.82, 2.24) is 9.55 Å². The summed E-state index contributed by atoms with van der Waals surface area (Å²) in [4.78, 5) is 23.7. The number of ether oxygens (including phenoxy) is 1. The van der Waals surface area contributed by atoms with Gasteiger partial charge in [0.1, 0.15) is 24.1 Å². The van der Waals surface area contributed by atoms with Crippen molar-refractivity contribution in [3.63, 3.8) is 0 Å². The summed E-state index contributed by atoms with van der Waals surface area (Å²) in [5.41, 5.74) is 4.51. The molecule has 1 aliphatic rings. The first-order chi connectivity index (χ1) is 8.56. The van der Waals surface area contributed by atoms with Crippen LogP contribution in [0.25, 0.3) is 0 Å². The van der Waals surface area contributed by atoms with Gasteiger partial charge in [-0.3, -0.25) is 4.57 Å². The minimum Gasteiger partial charge on any atom is -0.383 e. The molecule has 0 bridgehead atoms. The van der Waals surface area contributed by atoms with Gasteiger partial charge in [0.05, 0.1) is 0 Å². The number of rotatable bonds is 4. The molecule has 1 aliphatic heterocycles. The molecule has 1 aromatic rings. The van der Waals surface area contributed by atoms with Crippen molar-refractivity contribution in [2.24, 2.45) is 0 Å². The molecule has 1 fully saturated rings. The van der Waals surface area contributed by atoms with Crippen LogP contribution in [0, 0.1) is 0 Å². The molecule has 0 amide bonds. The highest BCUT2D eigenvalue weighted by Gasteiger charge is 2.30. The molecule has 0 spiro atoms. The topological polar surface area (TPSA) is 117 Å². The summed E-state index contributed by atoms with van der Waals surface area (Å²) in [7, 11) is -2.64. The molecule has 0 radical (unpaired) electrons. The Morgan fingerprint density at radius 2 is 2.56 bits per heavy atom. The van der Waals surface area contributed by atoms with E-state index in [1.807, 2.05) is 0 Å². The van der Waals surface area contributed by atoms with Gasteiger partial charge in [0.25, 0.3) is 0 Å². The third-order valence-corrected chi connectivity index (χ3v) is 3.68. The highest BCUT2D eigenvalue weighted by molar-refractivity contribution is 8.00. The number of anilines is 1. The van der Waals surface area contributed by atoms with E-state index in [4.69, 9.17) is 15.4 Å². The maximum absolute atomic E-state index is 11.6. The van der Waals surface area contributed by atoms with Crippen LogP contribution >= 0.6 is 20.0 Å². The molecule has 1 saturated heterocycles. The monoisotopic (exact) mass is 292 g/mol. The zero-order valence-electron chi connectivity index (χ0n) is 9.13. The summed E-state index contributed by atoms with van der Waals surface area (Å²) in [6, 6.07) is 1.50. The van der Waals surface area contributed by atoms with E-state index >= 15 is 0 Å². The second kappa shape index (κ2) is 5.77. The quantitative estimate of drug-likeness (QED) is 0.749.